The number of benzene rings is 1. The first-order valence-corrected chi connectivity index (χ1v) is 8.44. The summed E-state index contributed by atoms with van der Waals surface area (Å²) in [6, 6.07) is 6.04. The monoisotopic (exact) mass is 343 g/mol. The van der Waals surface area contributed by atoms with Crippen molar-refractivity contribution < 1.29 is 18.7 Å². The molecule has 2 aliphatic rings. The minimum Gasteiger partial charge on any atom is -0.454 e. The first-order valence-electron chi connectivity index (χ1n) is 8.44. The molecule has 0 spiro atoms. The van der Waals surface area contributed by atoms with Gasteiger partial charge in [-0.2, -0.15) is 0 Å². The van der Waals surface area contributed by atoms with Crippen LogP contribution < -0.4 is 9.47 Å². The molecule has 3 heterocycles. The van der Waals surface area contributed by atoms with Crippen LogP contribution >= 0.6 is 0 Å². The van der Waals surface area contributed by atoms with Crippen LogP contribution in [-0.2, 0) is 6.54 Å². The Morgan fingerprint density at radius 1 is 1.12 bits per heavy atom. The van der Waals surface area contributed by atoms with Gasteiger partial charge in [0.1, 0.15) is 0 Å². The van der Waals surface area contributed by atoms with E-state index in [0.717, 1.165) is 31.1 Å². The number of carbonyl (C=O) groups is 1. The maximum Gasteiger partial charge on any atom is 0.291 e. The average Bonchev–Trinajstić information content (AvgIpc) is 3.20. The Morgan fingerprint density at radius 2 is 1.88 bits per heavy atom. The second-order valence-corrected chi connectivity index (χ2v) is 6.40. The Morgan fingerprint density at radius 3 is 2.60 bits per heavy atom. The van der Waals surface area contributed by atoms with E-state index in [9.17, 15) is 4.79 Å². The average molecular weight is 343 g/mol. The summed E-state index contributed by atoms with van der Waals surface area (Å²) in [5, 5.41) is 0. The van der Waals surface area contributed by atoms with Crippen LogP contribution in [0, 0.1) is 13.8 Å². The molecule has 7 heteroatoms. The topological polar surface area (TPSA) is 68.0 Å². The molecule has 132 valence electrons. The molecule has 7 nitrogen and oxygen atoms in total. The molecule has 0 N–H and O–H groups in total. The molecule has 1 fully saturated rings. The number of aryl methyl sites for hydroxylation is 2. The van der Waals surface area contributed by atoms with Crippen molar-refractivity contribution in [2.45, 2.75) is 20.4 Å². The molecule has 0 atom stereocenters. The van der Waals surface area contributed by atoms with Crippen molar-refractivity contribution in [2.75, 3.05) is 33.0 Å². The fourth-order valence-corrected chi connectivity index (χ4v) is 3.28. The number of nitrogens with zero attached hydrogens (tertiary/aromatic N) is 3. The number of piperazine rings is 1. The van der Waals surface area contributed by atoms with Gasteiger partial charge < -0.3 is 18.8 Å². The van der Waals surface area contributed by atoms with Crippen LogP contribution in [-0.4, -0.2) is 53.7 Å². The maximum atomic E-state index is 12.6. The normalized spacial score (nSPS) is 17.1. The molecule has 1 amide bonds. The lowest BCUT2D eigenvalue weighted by atomic mass is 10.1. The zero-order valence-corrected chi connectivity index (χ0v) is 14.4. The second kappa shape index (κ2) is 6.40. The van der Waals surface area contributed by atoms with Crippen LogP contribution in [0.2, 0.25) is 0 Å². The molecular weight excluding hydrogens is 322 g/mol. The molecule has 1 saturated heterocycles. The van der Waals surface area contributed by atoms with Crippen molar-refractivity contribution in [1.29, 1.82) is 0 Å². The van der Waals surface area contributed by atoms with Crippen molar-refractivity contribution in [1.82, 2.24) is 14.8 Å². The van der Waals surface area contributed by atoms with E-state index in [-0.39, 0.29) is 5.91 Å². The molecule has 0 bridgehead atoms. The number of rotatable bonds is 3. The van der Waals surface area contributed by atoms with Gasteiger partial charge in [-0.1, -0.05) is 6.07 Å². The highest BCUT2D eigenvalue weighted by atomic mass is 16.7. The van der Waals surface area contributed by atoms with Gasteiger partial charge in [0.2, 0.25) is 12.6 Å². The van der Waals surface area contributed by atoms with Crippen molar-refractivity contribution in [2.24, 2.45) is 0 Å². The standard InChI is InChI=1S/C18H21N3O4/c1-12-17(25-13(2)19-12)18(22)21-7-5-20(6-8-21)10-14-3-4-15-16(9-14)24-11-23-15/h3-4,9H,5-8,10-11H2,1-2H3. The predicted molar refractivity (Wildman–Crippen MR) is 89.7 cm³/mol. The summed E-state index contributed by atoms with van der Waals surface area (Å²) in [6.07, 6.45) is 0. The van der Waals surface area contributed by atoms with Crippen LogP contribution in [0.4, 0.5) is 0 Å². The van der Waals surface area contributed by atoms with E-state index in [1.165, 1.54) is 5.56 Å². The van der Waals surface area contributed by atoms with Crippen molar-refractivity contribution in [3.63, 3.8) is 0 Å². The highest BCUT2D eigenvalue weighted by molar-refractivity contribution is 5.92. The molecule has 2 aromatic rings. The Hall–Kier alpha value is -2.54. The van der Waals surface area contributed by atoms with Gasteiger partial charge in [0.05, 0.1) is 5.69 Å². The van der Waals surface area contributed by atoms with Gasteiger partial charge in [-0.15, -0.1) is 0 Å². The summed E-state index contributed by atoms with van der Waals surface area (Å²) in [5.74, 6) is 2.43. The van der Waals surface area contributed by atoms with E-state index >= 15 is 0 Å². The number of amides is 1. The molecule has 25 heavy (non-hydrogen) atoms. The van der Waals surface area contributed by atoms with E-state index in [4.69, 9.17) is 13.9 Å². The van der Waals surface area contributed by atoms with Crippen LogP contribution in [0.1, 0.15) is 27.7 Å². The molecule has 0 radical (unpaired) electrons. The lowest BCUT2D eigenvalue weighted by molar-refractivity contribution is 0.0595. The van der Waals surface area contributed by atoms with Crippen molar-refractivity contribution in [3.05, 3.63) is 41.1 Å². The van der Waals surface area contributed by atoms with Crippen LogP contribution in [0.25, 0.3) is 0 Å². The molecule has 4 rings (SSSR count). The van der Waals surface area contributed by atoms with Crippen LogP contribution in [0.3, 0.4) is 0 Å². The first-order chi connectivity index (χ1) is 12.1. The minimum absolute atomic E-state index is 0.0687. The van der Waals surface area contributed by atoms with Gasteiger partial charge in [-0.3, -0.25) is 9.69 Å². The maximum absolute atomic E-state index is 12.6. The van der Waals surface area contributed by atoms with E-state index < -0.39 is 0 Å². The smallest absolute Gasteiger partial charge is 0.291 e. The highest BCUT2D eigenvalue weighted by Crippen LogP contribution is 2.32. The molecule has 0 aliphatic carbocycles. The summed E-state index contributed by atoms with van der Waals surface area (Å²) in [4.78, 5) is 20.9. The molecule has 1 aromatic carbocycles. The summed E-state index contributed by atoms with van der Waals surface area (Å²) in [7, 11) is 0. The van der Waals surface area contributed by atoms with Gasteiger partial charge in [0.15, 0.2) is 17.4 Å². The van der Waals surface area contributed by atoms with Crippen molar-refractivity contribution >= 4 is 5.91 Å². The number of fused-ring (bicyclic) bond motifs is 1. The number of carbonyl (C=O) groups excluding carboxylic acids is 1. The SMILES string of the molecule is Cc1nc(C)c(C(=O)N2CCN(Cc3ccc4c(c3)OCO4)CC2)o1. The molecule has 0 saturated carbocycles. The van der Waals surface area contributed by atoms with Crippen LogP contribution in [0.5, 0.6) is 11.5 Å². The number of oxazole rings is 1. The zero-order chi connectivity index (χ0) is 17.4. The number of hydrogen-bond acceptors (Lipinski definition) is 6. The largest absolute Gasteiger partial charge is 0.454 e. The third kappa shape index (κ3) is 3.19. The molecule has 0 unspecified atom stereocenters. The van der Waals surface area contributed by atoms with Gasteiger partial charge in [-0.25, -0.2) is 4.98 Å². The van der Waals surface area contributed by atoms with Gasteiger partial charge in [0, 0.05) is 39.6 Å². The lowest BCUT2D eigenvalue weighted by Gasteiger charge is -2.34. The fraction of sp³-hybridized carbons (Fsp3) is 0.444. The van der Waals surface area contributed by atoms with Gasteiger partial charge in [0.25, 0.3) is 5.91 Å². The minimum atomic E-state index is -0.0687. The van der Waals surface area contributed by atoms with Crippen molar-refractivity contribution in [3.8, 4) is 11.5 Å². The predicted octanol–water partition coefficient (Wildman–Crippen LogP) is 1.98. The summed E-state index contributed by atoms with van der Waals surface area (Å²) < 4.78 is 16.2. The quantitative estimate of drug-likeness (QED) is 0.849. The molecular formula is C18H21N3O4. The third-order valence-electron chi connectivity index (χ3n) is 4.60. The Kier molecular flexibility index (Phi) is 4.09. The Balaban J connectivity index is 1.35. The fourth-order valence-electron chi connectivity index (χ4n) is 3.28. The summed E-state index contributed by atoms with van der Waals surface area (Å²) in [5.41, 5.74) is 1.84. The highest BCUT2D eigenvalue weighted by Gasteiger charge is 2.26. The zero-order valence-electron chi connectivity index (χ0n) is 14.4. The third-order valence-corrected chi connectivity index (χ3v) is 4.60. The number of aromatic nitrogens is 1. The number of ether oxygens (including phenoxy) is 2. The van der Waals surface area contributed by atoms with Gasteiger partial charge >= 0.3 is 0 Å². The summed E-state index contributed by atoms with van der Waals surface area (Å²) >= 11 is 0. The Labute approximate surface area is 146 Å². The lowest BCUT2D eigenvalue weighted by Crippen LogP contribution is -2.48. The number of hydrogen-bond donors (Lipinski definition) is 0. The van der Waals surface area contributed by atoms with E-state index in [1.54, 1.807) is 13.8 Å². The molecule has 2 aliphatic heterocycles. The Bertz CT molecular complexity index is 794. The second-order valence-electron chi connectivity index (χ2n) is 6.40. The van der Waals surface area contributed by atoms with Gasteiger partial charge in [-0.05, 0) is 24.6 Å². The summed E-state index contributed by atoms with van der Waals surface area (Å²) in [6.45, 7) is 7.70. The van der Waals surface area contributed by atoms with E-state index in [2.05, 4.69) is 16.0 Å². The van der Waals surface area contributed by atoms with E-state index in [1.807, 2.05) is 17.0 Å². The van der Waals surface area contributed by atoms with E-state index in [0.29, 0.717) is 37.2 Å². The van der Waals surface area contributed by atoms with Crippen LogP contribution in [0.15, 0.2) is 22.6 Å². The first kappa shape index (κ1) is 16.0. The molecule has 1 aromatic heterocycles.